The van der Waals surface area contributed by atoms with Gasteiger partial charge in [-0.3, -0.25) is 14.5 Å². The van der Waals surface area contributed by atoms with Crippen LogP contribution >= 0.6 is 0 Å². The zero-order valence-corrected chi connectivity index (χ0v) is 23.4. The zero-order valence-electron chi connectivity index (χ0n) is 22.6. The van der Waals surface area contributed by atoms with Gasteiger partial charge in [0.25, 0.3) is 11.8 Å². The lowest BCUT2D eigenvalue weighted by Crippen LogP contribution is -2.48. The molecule has 1 N–H and O–H groups in total. The number of piperazine rings is 1. The van der Waals surface area contributed by atoms with Gasteiger partial charge in [0.05, 0.1) is 29.4 Å². The van der Waals surface area contributed by atoms with Gasteiger partial charge in [0.2, 0.25) is 10.0 Å². The Morgan fingerprint density at radius 2 is 1.55 bits per heavy atom. The van der Waals surface area contributed by atoms with Gasteiger partial charge in [-0.2, -0.15) is 4.31 Å². The topological polar surface area (TPSA) is 99.3 Å². The third-order valence-corrected chi connectivity index (χ3v) is 9.20. The van der Waals surface area contributed by atoms with Gasteiger partial charge < -0.3 is 15.0 Å². The first-order valence-electron chi connectivity index (χ1n) is 13.5. The second-order valence-electron chi connectivity index (χ2n) is 10.1. The van der Waals surface area contributed by atoms with E-state index in [4.69, 9.17) is 4.74 Å². The highest BCUT2D eigenvalue weighted by Crippen LogP contribution is 2.21. The minimum absolute atomic E-state index is 0.128. The molecule has 0 saturated carbocycles. The number of nitrogens with zero attached hydrogens (tertiary/aromatic N) is 3. The van der Waals surface area contributed by atoms with Crippen LogP contribution in [0.25, 0.3) is 0 Å². The zero-order chi connectivity index (χ0) is 28.1. The largest absolute Gasteiger partial charge is 0.378 e. The number of aryl methyl sites for hydroxylation is 1. The number of nitrogens with one attached hydrogen (secondary N) is 1. The summed E-state index contributed by atoms with van der Waals surface area (Å²) in [5.74, 6) is -0.422. The summed E-state index contributed by atoms with van der Waals surface area (Å²) in [7, 11) is -3.52. The van der Waals surface area contributed by atoms with Crippen molar-refractivity contribution in [2.24, 2.45) is 0 Å². The van der Waals surface area contributed by atoms with Gasteiger partial charge in [-0.1, -0.05) is 42.0 Å². The van der Waals surface area contributed by atoms with Crippen LogP contribution in [-0.4, -0.2) is 86.8 Å². The first-order valence-corrected chi connectivity index (χ1v) is 14.9. The molecule has 10 heteroatoms. The molecular formula is C30H34N4O5S. The highest BCUT2D eigenvalue weighted by molar-refractivity contribution is 7.89. The number of rotatable bonds is 7. The van der Waals surface area contributed by atoms with E-state index in [9.17, 15) is 18.0 Å². The van der Waals surface area contributed by atoms with Crippen LogP contribution in [0.4, 0.5) is 5.69 Å². The Hall–Kier alpha value is -3.57. The molecule has 3 aromatic carbocycles. The van der Waals surface area contributed by atoms with Crippen molar-refractivity contribution in [1.29, 1.82) is 0 Å². The number of anilines is 1. The summed E-state index contributed by atoms with van der Waals surface area (Å²) in [5, 5.41) is 2.91. The molecule has 2 fully saturated rings. The number of hydrogen-bond donors (Lipinski definition) is 1. The second kappa shape index (κ2) is 12.3. The molecule has 0 unspecified atom stereocenters. The molecule has 40 heavy (non-hydrogen) atoms. The lowest BCUT2D eigenvalue weighted by molar-refractivity contribution is 0.0303. The Labute approximate surface area is 235 Å². The normalized spacial score (nSPS) is 17.0. The van der Waals surface area contributed by atoms with Crippen LogP contribution in [0.3, 0.4) is 0 Å². The molecule has 2 saturated heterocycles. The van der Waals surface area contributed by atoms with E-state index in [1.54, 1.807) is 47.4 Å². The lowest BCUT2D eigenvalue weighted by Gasteiger charge is -2.34. The minimum atomic E-state index is -3.52. The highest BCUT2D eigenvalue weighted by atomic mass is 32.2. The van der Waals surface area contributed by atoms with E-state index in [2.05, 4.69) is 10.2 Å². The molecule has 9 nitrogen and oxygen atoms in total. The number of sulfonamides is 1. The molecule has 0 radical (unpaired) electrons. The number of morpholine rings is 1. The van der Waals surface area contributed by atoms with E-state index in [0.717, 1.165) is 11.1 Å². The second-order valence-corrected chi connectivity index (χ2v) is 12.0. The molecule has 0 aromatic heterocycles. The van der Waals surface area contributed by atoms with Crippen LogP contribution < -0.4 is 5.32 Å². The molecule has 0 spiro atoms. The van der Waals surface area contributed by atoms with Crippen LogP contribution in [0, 0.1) is 6.92 Å². The molecule has 2 amide bonds. The third-order valence-electron chi connectivity index (χ3n) is 7.29. The van der Waals surface area contributed by atoms with Gasteiger partial charge in [-0.05, 0) is 48.9 Å². The number of carbonyl (C=O) groups is 2. The van der Waals surface area contributed by atoms with E-state index in [0.29, 0.717) is 80.7 Å². The monoisotopic (exact) mass is 562 g/mol. The lowest BCUT2D eigenvalue weighted by atomic mass is 10.1. The van der Waals surface area contributed by atoms with Crippen LogP contribution in [0.5, 0.6) is 0 Å². The SMILES string of the molecule is Cc1ccc(S(=O)(=O)N2CCN(Cc3cccc(C(=O)Nc4ccccc4C(=O)N4CCOCC4)c3)CC2)cc1. The first-order chi connectivity index (χ1) is 19.3. The van der Waals surface area contributed by atoms with Crippen molar-refractivity contribution in [3.05, 3.63) is 95.1 Å². The van der Waals surface area contributed by atoms with Crippen molar-refractivity contribution >= 4 is 27.5 Å². The van der Waals surface area contributed by atoms with E-state index in [-0.39, 0.29) is 11.8 Å². The number of benzene rings is 3. The third kappa shape index (κ3) is 6.42. The van der Waals surface area contributed by atoms with E-state index >= 15 is 0 Å². The molecule has 0 bridgehead atoms. The van der Waals surface area contributed by atoms with Crippen molar-refractivity contribution in [3.63, 3.8) is 0 Å². The van der Waals surface area contributed by atoms with Gasteiger partial charge in [0, 0.05) is 51.4 Å². The van der Waals surface area contributed by atoms with Crippen LogP contribution in [0.1, 0.15) is 31.8 Å². The molecule has 0 aliphatic carbocycles. The minimum Gasteiger partial charge on any atom is -0.378 e. The molecule has 2 aliphatic heterocycles. The number of ether oxygens (including phenoxy) is 1. The Kier molecular flexibility index (Phi) is 8.60. The highest BCUT2D eigenvalue weighted by Gasteiger charge is 2.28. The fourth-order valence-corrected chi connectivity index (χ4v) is 6.39. The summed E-state index contributed by atoms with van der Waals surface area (Å²) >= 11 is 0. The molecular weight excluding hydrogens is 528 g/mol. The fourth-order valence-electron chi connectivity index (χ4n) is 4.97. The number of hydrogen-bond acceptors (Lipinski definition) is 6. The van der Waals surface area contributed by atoms with Crippen LogP contribution in [0.15, 0.2) is 77.7 Å². The summed E-state index contributed by atoms with van der Waals surface area (Å²) in [6.45, 7) is 6.59. The smallest absolute Gasteiger partial charge is 0.256 e. The summed E-state index contributed by atoms with van der Waals surface area (Å²) in [6, 6.07) is 21.4. The van der Waals surface area contributed by atoms with Gasteiger partial charge in [-0.25, -0.2) is 8.42 Å². The van der Waals surface area contributed by atoms with Gasteiger partial charge >= 0.3 is 0 Å². The quantitative estimate of drug-likeness (QED) is 0.475. The van der Waals surface area contributed by atoms with E-state index < -0.39 is 10.0 Å². The molecule has 210 valence electrons. The predicted octanol–water partition coefficient (Wildman–Crippen LogP) is 3.23. The number of para-hydroxylation sites is 1. The summed E-state index contributed by atoms with van der Waals surface area (Å²) in [4.78, 5) is 30.5. The summed E-state index contributed by atoms with van der Waals surface area (Å²) in [6.07, 6.45) is 0. The van der Waals surface area contributed by atoms with Gasteiger partial charge in [0.15, 0.2) is 0 Å². The summed E-state index contributed by atoms with van der Waals surface area (Å²) < 4.78 is 32.9. The fraction of sp³-hybridized carbons (Fsp3) is 0.333. The predicted molar refractivity (Wildman–Crippen MR) is 153 cm³/mol. The average Bonchev–Trinajstić information content (AvgIpc) is 2.98. The molecule has 2 heterocycles. The Morgan fingerprint density at radius 1 is 0.850 bits per heavy atom. The molecule has 5 rings (SSSR count). The van der Waals surface area contributed by atoms with Crippen molar-refractivity contribution in [3.8, 4) is 0 Å². The van der Waals surface area contributed by atoms with Crippen molar-refractivity contribution in [1.82, 2.24) is 14.1 Å². The average molecular weight is 563 g/mol. The van der Waals surface area contributed by atoms with Gasteiger partial charge in [-0.15, -0.1) is 0 Å². The van der Waals surface area contributed by atoms with Gasteiger partial charge in [0.1, 0.15) is 0 Å². The first kappa shape index (κ1) is 28.0. The van der Waals surface area contributed by atoms with Crippen molar-refractivity contribution in [2.45, 2.75) is 18.4 Å². The Balaban J connectivity index is 1.20. The Morgan fingerprint density at radius 3 is 2.27 bits per heavy atom. The molecule has 0 atom stereocenters. The number of carbonyl (C=O) groups excluding carboxylic acids is 2. The maximum Gasteiger partial charge on any atom is 0.256 e. The van der Waals surface area contributed by atoms with Crippen molar-refractivity contribution < 1.29 is 22.7 Å². The van der Waals surface area contributed by atoms with Crippen LogP contribution in [-0.2, 0) is 21.3 Å². The van der Waals surface area contributed by atoms with E-state index in [1.165, 1.54) is 4.31 Å². The maximum absolute atomic E-state index is 13.2. The maximum atomic E-state index is 13.2. The Bertz CT molecular complexity index is 1460. The van der Waals surface area contributed by atoms with Crippen LogP contribution in [0.2, 0.25) is 0 Å². The number of amides is 2. The molecule has 3 aromatic rings. The molecule has 2 aliphatic rings. The van der Waals surface area contributed by atoms with E-state index in [1.807, 2.05) is 37.3 Å². The standard InChI is InChI=1S/C30H34N4O5S/c1-23-9-11-26(12-10-23)40(37,38)34-15-13-32(14-16-34)22-24-5-4-6-25(21-24)29(35)31-28-8-3-2-7-27(28)30(36)33-17-19-39-20-18-33/h2-12,21H,13-20,22H2,1H3,(H,31,35). The van der Waals surface area contributed by atoms with Crippen molar-refractivity contribution in [2.75, 3.05) is 57.8 Å². The summed E-state index contributed by atoms with van der Waals surface area (Å²) in [5.41, 5.74) is 3.39.